The van der Waals surface area contributed by atoms with Gasteiger partial charge in [0.2, 0.25) is 5.91 Å². The van der Waals surface area contributed by atoms with Gasteiger partial charge in [-0.3, -0.25) is 14.6 Å². The van der Waals surface area contributed by atoms with Crippen LogP contribution in [0.25, 0.3) is 21.1 Å². The fraction of sp³-hybridized carbons (Fsp3) is 0.448. The van der Waals surface area contributed by atoms with Gasteiger partial charge in [-0.1, -0.05) is 25.0 Å². The molecule has 3 heterocycles. The highest BCUT2D eigenvalue weighted by Gasteiger charge is 2.47. The number of hydrogen-bond acceptors (Lipinski definition) is 8. The molecule has 0 unspecified atom stereocenters. The molecule has 3 aliphatic rings. The van der Waals surface area contributed by atoms with Crippen LogP contribution in [0, 0.1) is 27.8 Å². The highest BCUT2D eigenvalue weighted by Crippen LogP contribution is 2.46. The summed E-state index contributed by atoms with van der Waals surface area (Å²) in [5.74, 6) is -0.112. The molecule has 1 amide bonds. The van der Waals surface area contributed by atoms with Crippen LogP contribution in [-0.2, 0) is 14.5 Å². The van der Waals surface area contributed by atoms with E-state index in [1.165, 1.54) is 23.6 Å². The number of rotatable bonds is 6. The molecule has 1 saturated heterocycles. The van der Waals surface area contributed by atoms with Gasteiger partial charge in [-0.2, -0.15) is 5.26 Å². The second-order valence-corrected chi connectivity index (χ2v) is 14.5. The van der Waals surface area contributed by atoms with Crippen LogP contribution >= 0.6 is 11.3 Å². The van der Waals surface area contributed by atoms with Crippen molar-refractivity contribution in [1.29, 1.82) is 10.0 Å². The standard InChI is InChI=1S/C29H31FN6O2S2/c30-20-7-10-24(33-17-20)28-34-25(22-3-1-2-4-23(22)27(37)35-29(18-31)11-12-29)26(39-28)19-5-8-21(9-6-19)36-13-15-40(32,38)16-14-36/h5-10,17,22-23,32H,1-4,11-16H2,(H,35,37)/t22-,23-/m1/s1. The zero-order valence-corrected chi connectivity index (χ0v) is 23.7. The number of nitrogens with one attached hydrogen (secondary N) is 2. The van der Waals surface area contributed by atoms with Gasteiger partial charge in [-0.25, -0.2) is 13.6 Å². The first-order chi connectivity index (χ1) is 19.3. The summed E-state index contributed by atoms with van der Waals surface area (Å²) in [7, 11) is -2.47. The van der Waals surface area contributed by atoms with Crippen molar-refractivity contribution in [3.05, 3.63) is 54.1 Å². The Bertz CT molecular complexity index is 1550. The molecule has 1 aromatic carbocycles. The quantitative estimate of drug-likeness (QED) is 0.408. The van der Waals surface area contributed by atoms with Gasteiger partial charge in [0.25, 0.3) is 0 Å². The Kier molecular flexibility index (Phi) is 7.09. The number of hydrogen-bond donors (Lipinski definition) is 2. The molecule has 0 radical (unpaired) electrons. The van der Waals surface area contributed by atoms with E-state index in [1.54, 1.807) is 6.07 Å². The number of pyridine rings is 1. The minimum Gasteiger partial charge on any atom is -0.370 e. The van der Waals surface area contributed by atoms with Crippen LogP contribution in [0.4, 0.5) is 10.1 Å². The molecule has 2 saturated carbocycles. The summed E-state index contributed by atoms with van der Waals surface area (Å²) < 4.78 is 33.6. The Balaban J connectivity index is 1.35. The maximum absolute atomic E-state index is 13.6. The van der Waals surface area contributed by atoms with Crippen LogP contribution in [0.3, 0.4) is 0 Å². The minimum absolute atomic E-state index is 0.0735. The maximum atomic E-state index is 13.6. The minimum atomic E-state index is -2.47. The molecule has 40 heavy (non-hydrogen) atoms. The van der Waals surface area contributed by atoms with Crippen LogP contribution < -0.4 is 10.2 Å². The number of thiazole rings is 1. The lowest BCUT2D eigenvalue weighted by atomic mass is 9.76. The van der Waals surface area contributed by atoms with Crippen molar-refractivity contribution in [3.8, 4) is 27.2 Å². The van der Waals surface area contributed by atoms with Crippen LogP contribution in [0.15, 0.2) is 42.6 Å². The molecule has 8 nitrogen and oxygen atoms in total. The first-order valence-electron chi connectivity index (χ1n) is 13.7. The Morgan fingerprint density at radius 1 is 1.15 bits per heavy atom. The third kappa shape index (κ3) is 5.47. The predicted molar refractivity (Wildman–Crippen MR) is 154 cm³/mol. The predicted octanol–water partition coefficient (Wildman–Crippen LogP) is 5.32. The Hall–Kier alpha value is -3.36. The second-order valence-electron chi connectivity index (χ2n) is 11.0. The molecule has 2 aromatic heterocycles. The summed E-state index contributed by atoms with van der Waals surface area (Å²) in [6.07, 6.45) is 6.08. The largest absolute Gasteiger partial charge is 0.370 e. The number of nitrogens with zero attached hydrogens (tertiary/aromatic N) is 4. The summed E-state index contributed by atoms with van der Waals surface area (Å²) in [4.78, 5) is 25.9. The highest BCUT2D eigenvalue weighted by molar-refractivity contribution is 7.92. The molecule has 208 valence electrons. The number of benzene rings is 1. The lowest BCUT2D eigenvalue weighted by Crippen LogP contribution is -2.42. The van der Waals surface area contributed by atoms with E-state index in [0.717, 1.165) is 47.5 Å². The number of anilines is 1. The molecule has 2 N–H and O–H groups in total. The van der Waals surface area contributed by atoms with Crippen molar-refractivity contribution in [1.82, 2.24) is 15.3 Å². The number of carbonyl (C=O) groups is 1. The van der Waals surface area contributed by atoms with E-state index in [0.29, 0.717) is 48.1 Å². The van der Waals surface area contributed by atoms with Crippen molar-refractivity contribution in [2.24, 2.45) is 5.92 Å². The molecule has 3 fully saturated rings. The van der Waals surface area contributed by atoms with Crippen molar-refractivity contribution in [2.45, 2.75) is 50.0 Å². The van der Waals surface area contributed by atoms with Crippen LogP contribution in [0.1, 0.15) is 50.1 Å². The zero-order chi connectivity index (χ0) is 27.9. The van der Waals surface area contributed by atoms with E-state index in [1.807, 2.05) is 24.3 Å². The van der Waals surface area contributed by atoms with Gasteiger partial charge in [0.1, 0.15) is 16.4 Å². The first kappa shape index (κ1) is 26.8. The van der Waals surface area contributed by atoms with Gasteiger partial charge in [0.15, 0.2) is 0 Å². The number of amides is 1. The van der Waals surface area contributed by atoms with E-state index in [-0.39, 0.29) is 17.7 Å². The third-order valence-corrected chi connectivity index (χ3v) is 11.1. The van der Waals surface area contributed by atoms with E-state index in [4.69, 9.17) is 9.76 Å². The van der Waals surface area contributed by atoms with Gasteiger partial charge in [-0.05, 0) is 55.5 Å². The lowest BCUT2D eigenvalue weighted by molar-refractivity contribution is -0.127. The molecule has 3 aromatic rings. The first-order valence-corrected chi connectivity index (χ1v) is 16.4. The number of carbonyl (C=O) groups excluding carboxylic acids is 1. The normalized spacial score (nSPS) is 23.2. The average molecular weight is 579 g/mol. The molecule has 11 heteroatoms. The Morgan fingerprint density at radius 3 is 2.52 bits per heavy atom. The number of aromatic nitrogens is 2. The van der Waals surface area contributed by atoms with Crippen LogP contribution in [-0.4, -0.2) is 50.2 Å². The fourth-order valence-corrected chi connectivity index (χ4v) is 8.06. The maximum Gasteiger partial charge on any atom is 0.225 e. The van der Waals surface area contributed by atoms with Gasteiger partial charge >= 0.3 is 0 Å². The molecule has 6 rings (SSSR count). The van der Waals surface area contributed by atoms with Crippen molar-refractivity contribution in [3.63, 3.8) is 0 Å². The topological polar surface area (TPSA) is 123 Å². The van der Waals surface area contributed by atoms with Crippen LogP contribution in [0.2, 0.25) is 0 Å². The van der Waals surface area contributed by atoms with E-state index in [2.05, 4.69) is 21.3 Å². The van der Waals surface area contributed by atoms with E-state index in [9.17, 15) is 18.7 Å². The summed E-state index contributed by atoms with van der Waals surface area (Å²) in [6.45, 7) is 1.19. The van der Waals surface area contributed by atoms with Gasteiger partial charge in [-0.15, -0.1) is 11.3 Å². The molecule has 2 aliphatic carbocycles. The molecule has 1 aliphatic heterocycles. The van der Waals surface area contributed by atoms with Crippen molar-refractivity contribution < 1.29 is 13.4 Å². The molecule has 2 atom stereocenters. The monoisotopic (exact) mass is 578 g/mol. The average Bonchev–Trinajstić information content (AvgIpc) is 3.60. The fourth-order valence-electron chi connectivity index (χ4n) is 5.70. The van der Waals surface area contributed by atoms with Crippen LogP contribution in [0.5, 0.6) is 0 Å². The highest BCUT2D eigenvalue weighted by atomic mass is 32.2. The summed E-state index contributed by atoms with van der Waals surface area (Å²) >= 11 is 1.49. The molecule has 0 spiro atoms. The zero-order valence-electron chi connectivity index (χ0n) is 22.1. The molecular formula is C29H31FN6O2S2. The lowest BCUT2D eigenvalue weighted by Gasteiger charge is -2.31. The van der Waals surface area contributed by atoms with Gasteiger partial charge < -0.3 is 10.2 Å². The Morgan fingerprint density at radius 2 is 1.88 bits per heavy atom. The molecule has 0 bridgehead atoms. The SMILES string of the molecule is N#CC1(NC(=O)[C@@H]2CCCC[C@H]2c2nc(-c3ccc(F)cn3)sc2-c2ccc(N3CCS(=N)(=O)CC3)cc2)CC1. The summed E-state index contributed by atoms with van der Waals surface area (Å²) in [5, 5.41) is 13.2. The van der Waals surface area contributed by atoms with Crippen molar-refractivity contribution in [2.75, 3.05) is 29.5 Å². The number of nitriles is 1. The van der Waals surface area contributed by atoms with E-state index >= 15 is 0 Å². The third-order valence-electron chi connectivity index (χ3n) is 8.26. The smallest absolute Gasteiger partial charge is 0.225 e. The van der Waals surface area contributed by atoms with Gasteiger partial charge in [0, 0.05) is 51.8 Å². The van der Waals surface area contributed by atoms with E-state index < -0.39 is 21.1 Å². The Labute approximate surface area is 237 Å². The summed E-state index contributed by atoms with van der Waals surface area (Å²) in [6, 6.07) is 13.4. The second kappa shape index (κ2) is 10.6. The van der Waals surface area contributed by atoms with Crippen molar-refractivity contribution >= 4 is 32.7 Å². The van der Waals surface area contributed by atoms with Gasteiger partial charge in [0.05, 0.1) is 28.5 Å². The molecular weight excluding hydrogens is 547 g/mol. The number of halogens is 1. The summed E-state index contributed by atoms with van der Waals surface area (Å²) in [5.41, 5.74) is 2.72.